The number of halogens is 1. The van der Waals surface area contributed by atoms with E-state index < -0.39 is 0 Å². The summed E-state index contributed by atoms with van der Waals surface area (Å²) in [6.45, 7) is 3.71. The Hall–Kier alpha value is -1.35. The summed E-state index contributed by atoms with van der Waals surface area (Å²) in [6.07, 6.45) is 2.05. The number of benzene rings is 1. The lowest BCUT2D eigenvalue weighted by Gasteiger charge is -2.08. The zero-order valence-electron chi connectivity index (χ0n) is 10.00. The standard InChI is InChI=1S/C13H17FN2/c1-4-16-9-10(8-15(2)3)13-11(14)6-5-7-12(13)16/h5-7,9H,4,8H2,1-3H3. The van der Waals surface area contributed by atoms with Crippen molar-refractivity contribution in [3.05, 3.63) is 35.8 Å². The van der Waals surface area contributed by atoms with Crippen LogP contribution in [-0.2, 0) is 13.1 Å². The highest BCUT2D eigenvalue weighted by Gasteiger charge is 2.11. The molecule has 2 nitrogen and oxygen atoms in total. The van der Waals surface area contributed by atoms with Gasteiger partial charge in [0, 0.05) is 24.7 Å². The Morgan fingerprint density at radius 2 is 2.06 bits per heavy atom. The Labute approximate surface area is 95.3 Å². The lowest BCUT2D eigenvalue weighted by molar-refractivity contribution is 0.403. The van der Waals surface area contributed by atoms with Crippen LogP contribution in [0.25, 0.3) is 10.9 Å². The fourth-order valence-electron chi connectivity index (χ4n) is 2.11. The molecule has 1 aromatic carbocycles. The Morgan fingerprint density at radius 1 is 1.31 bits per heavy atom. The van der Waals surface area contributed by atoms with Gasteiger partial charge in [-0.05, 0) is 38.7 Å². The Morgan fingerprint density at radius 3 is 2.69 bits per heavy atom. The van der Waals surface area contributed by atoms with E-state index in [0.717, 1.165) is 29.6 Å². The van der Waals surface area contributed by atoms with E-state index in [1.807, 2.05) is 26.4 Å². The molecule has 0 saturated carbocycles. The molecule has 3 heteroatoms. The van der Waals surface area contributed by atoms with Crippen molar-refractivity contribution in [2.45, 2.75) is 20.0 Å². The van der Waals surface area contributed by atoms with Crippen LogP contribution in [0.1, 0.15) is 12.5 Å². The third-order valence-corrected chi connectivity index (χ3v) is 2.76. The summed E-state index contributed by atoms with van der Waals surface area (Å²) in [5.74, 6) is -0.124. The predicted molar refractivity (Wildman–Crippen MR) is 65.0 cm³/mol. The molecule has 2 rings (SSSR count). The Kier molecular flexibility index (Phi) is 2.97. The molecule has 0 aliphatic rings. The molecule has 0 aliphatic heterocycles. The van der Waals surface area contributed by atoms with Crippen molar-refractivity contribution in [1.82, 2.24) is 9.47 Å². The van der Waals surface area contributed by atoms with Crippen LogP contribution in [0.4, 0.5) is 4.39 Å². The van der Waals surface area contributed by atoms with Crippen LogP contribution in [0, 0.1) is 5.82 Å². The van der Waals surface area contributed by atoms with Crippen LogP contribution in [0.15, 0.2) is 24.4 Å². The number of nitrogens with zero attached hydrogens (tertiary/aromatic N) is 2. The van der Waals surface area contributed by atoms with Gasteiger partial charge in [0.25, 0.3) is 0 Å². The highest BCUT2D eigenvalue weighted by molar-refractivity contribution is 5.84. The predicted octanol–water partition coefficient (Wildman–Crippen LogP) is 2.86. The van der Waals surface area contributed by atoms with E-state index in [-0.39, 0.29) is 5.82 Å². The first-order chi connectivity index (χ1) is 7.63. The van der Waals surface area contributed by atoms with Crippen molar-refractivity contribution in [2.24, 2.45) is 0 Å². The number of hydrogen-bond acceptors (Lipinski definition) is 1. The molecule has 0 saturated heterocycles. The van der Waals surface area contributed by atoms with Gasteiger partial charge >= 0.3 is 0 Å². The summed E-state index contributed by atoms with van der Waals surface area (Å²) < 4.78 is 15.9. The minimum atomic E-state index is -0.124. The topological polar surface area (TPSA) is 8.17 Å². The molecule has 0 N–H and O–H groups in total. The third-order valence-electron chi connectivity index (χ3n) is 2.76. The maximum atomic E-state index is 13.8. The second kappa shape index (κ2) is 4.26. The van der Waals surface area contributed by atoms with Gasteiger partial charge in [0.05, 0.1) is 5.52 Å². The van der Waals surface area contributed by atoms with E-state index in [9.17, 15) is 4.39 Å². The summed E-state index contributed by atoms with van der Waals surface area (Å²) >= 11 is 0. The summed E-state index contributed by atoms with van der Waals surface area (Å²) in [7, 11) is 3.99. The monoisotopic (exact) mass is 220 g/mol. The van der Waals surface area contributed by atoms with Gasteiger partial charge < -0.3 is 9.47 Å². The number of hydrogen-bond donors (Lipinski definition) is 0. The highest BCUT2D eigenvalue weighted by atomic mass is 19.1. The van der Waals surface area contributed by atoms with Gasteiger partial charge in [-0.1, -0.05) is 6.07 Å². The fourth-order valence-corrected chi connectivity index (χ4v) is 2.11. The smallest absolute Gasteiger partial charge is 0.132 e. The number of rotatable bonds is 3. The molecular weight excluding hydrogens is 203 g/mol. The molecular formula is C13H17FN2. The average molecular weight is 220 g/mol. The summed E-state index contributed by atoms with van der Waals surface area (Å²) in [6, 6.07) is 5.27. The second-order valence-electron chi connectivity index (χ2n) is 4.31. The van der Waals surface area contributed by atoms with E-state index in [0.29, 0.717) is 0 Å². The maximum absolute atomic E-state index is 13.8. The van der Waals surface area contributed by atoms with Crippen LogP contribution in [0.3, 0.4) is 0 Å². The molecule has 0 atom stereocenters. The lowest BCUT2D eigenvalue weighted by Crippen LogP contribution is -2.10. The average Bonchev–Trinajstić information content (AvgIpc) is 2.57. The third kappa shape index (κ3) is 1.83. The summed E-state index contributed by atoms with van der Waals surface area (Å²) in [5.41, 5.74) is 2.04. The van der Waals surface area contributed by atoms with Gasteiger partial charge in [0.1, 0.15) is 5.82 Å². The van der Waals surface area contributed by atoms with Crippen molar-refractivity contribution in [2.75, 3.05) is 14.1 Å². The van der Waals surface area contributed by atoms with Crippen molar-refractivity contribution in [3.63, 3.8) is 0 Å². The van der Waals surface area contributed by atoms with Crippen LogP contribution >= 0.6 is 0 Å². The van der Waals surface area contributed by atoms with E-state index in [1.165, 1.54) is 6.07 Å². The second-order valence-corrected chi connectivity index (χ2v) is 4.31. The minimum Gasteiger partial charge on any atom is -0.347 e. The zero-order chi connectivity index (χ0) is 11.7. The van der Waals surface area contributed by atoms with Gasteiger partial charge in [-0.15, -0.1) is 0 Å². The van der Waals surface area contributed by atoms with Crippen molar-refractivity contribution >= 4 is 10.9 Å². The van der Waals surface area contributed by atoms with Gasteiger partial charge in [0.2, 0.25) is 0 Å². The number of fused-ring (bicyclic) bond motifs is 1. The molecule has 86 valence electrons. The van der Waals surface area contributed by atoms with E-state index in [2.05, 4.69) is 16.4 Å². The number of aryl methyl sites for hydroxylation is 1. The molecule has 0 aliphatic carbocycles. The normalized spacial score (nSPS) is 11.6. The van der Waals surface area contributed by atoms with Crippen LogP contribution < -0.4 is 0 Å². The maximum Gasteiger partial charge on any atom is 0.132 e. The van der Waals surface area contributed by atoms with Gasteiger partial charge in [-0.25, -0.2) is 4.39 Å². The molecule has 1 aromatic heterocycles. The lowest BCUT2D eigenvalue weighted by atomic mass is 10.1. The van der Waals surface area contributed by atoms with Crippen LogP contribution in [0.5, 0.6) is 0 Å². The SMILES string of the molecule is CCn1cc(CN(C)C)c2c(F)cccc21. The van der Waals surface area contributed by atoms with E-state index in [1.54, 1.807) is 6.07 Å². The van der Waals surface area contributed by atoms with Crippen molar-refractivity contribution in [1.29, 1.82) is 0 Å². The van der Waals surface area contributed by atoms with E-state index in [4.69, 9.17) is 0 Å². The molecule has 0 spiro atoms. The molecule has 0 amide bonds. The number of aromatic nitrogens is 1. The van der Waals surface area contributed by atoms with Gasteiger partial charge in [-0.3, -0.25) is 0 Å². The molecule has 16 heavy (non-hydrogen) atoms. The first-order valence-corrected chi connectivity index (χ1v) is 5.54. The molecule has 2 aromatic rings. The van der Waals surface area contributed by atoms with E-state index >= 15 is 0 Å². The van der Waals surface area contributed by atoms with Crippen LogP contribution in [-0.4, -0.2) is 23.6 Å². The van der Waals surface area contributed by atoms with Crippen molar-refractivity contribution in [3.8, 4) is 0 Å². The molecule has 0 radical (unpaired) electrons. The molecule has 0 bridgehead atoms. The zero-order valence-corrected chi connectivity index (χ0v) is 10.00. The highest BCUT2D eigenvalue weighted by Crippen LogP contribution is 2.25. The molecule has 0 unspecified atom stereocenters. The van der Waals surface area contributed by atoms with Gasteiger partial charge in [-0.2, -0.15) is 0 Å². The summed E-state index contributed by atoms with van der Waals surface area (Å²) in [4.78, 5) is 2.06. The Bertz CT molecular complexity index is 500. The first-order valence-electron chi connectivity index (χ1n) is 5.54. The minimum absolute atomic E-state index is 0.124. The quantitative estimate of drug-likeness (QED) is 0.772. The Balaban J connectivity index is 2.64. The molecule has 0 fully saturated rings. The van der Waals surface area contributed by atoms with Crippen molar-refractivity contribution < 1.29 is 4.39 Å². The first kappa shape index (κ1) is 11.1. The fraction of sp³-hybridized carbons (Fsp3) is 0.385. The van der Waals surface area contributed by atoms with Crippen LogP contribution in [0.2, 0.25) is 0 Å². The largest absolute Gasteiger partial charge is 0.347 e. The summed E-state index contributed by atoms with van der Waals surface area (Å²) in [5, 5.41) is 0.762. The van der Waals surface area contributed by atoms with Gasteiger partial charge in [0.15, 0.2) is 0 Å². The molecule has 1 heterocycles.